The molecule has 19 heavy (non-hydrogen) atoms. The molecule has 1 aromatic carbocycles. The highest BCUT2D eigenvalue weighted by Crippen LogP contribution is 2.23. The van der Waals surface area contributed by atoms with E-state index in [4.69, 9.17) is 4.42 Å². The molecule has 2 N–H and O–H groups in total. The summed E-state index contributed by atoms with van der Waals surface area (Å²) >= 11 is 0. The highest BCUT2D eigenvalue weighted by molar-refractivity contribution is 5.77. The van der Waals surface area contributed by atoms with Gasteiger partial charge in [0.05, 0.1) is 5.52 Å². The van der Waals surface area contributed by atoms with E-state index in [1.54, 1.807) is 7.05 Å². The minimum atomic E-state index is -0.323. The second-order valence-corrected chi connectivity index (χ2v) is 5.92. The van der Waals surface area contributed by atoms with Crippen molar-refractivity contribution in [2.24, 2.45) is 7.05 Å². The van der Waals surface area contributed by atoms with Crippen LogP contribution >= 0.6 is 0 Å². The van der Waals surface area contributed by atoms with Gasteiger partial charge in [0.2, 0.25) is 0 Å². The normalized spacial score (nSPS) is 21.9. The van der Waals surface area contributed by atoms with Crippen molar-refractivity contribution >= 4 is 16.8 Å². The largest absolute Gasteiger partial charge is 0.419 e. The topological polar surface area (TPSA) is 59.2 Å². The molecule has 3 rings (SSSR count). The molecule has 1 aliphatic rings. The van der Waals surface area contributed by atoms with E-state index in [0.717, 1.165) is 24.2 Å². The average molecular weight is 261 g/mol. The lowest BCUT2D eigenvalue weighted by molar-refractivity contribution is 0.457. The van der Waals surface area contributed by atoms with Crippen molar-refractivity contribution in [3.05, 3.63) is 28.7 Å². The van der Waals surface area contributed by atoms with Gasteiger partial charge in [-0.1, -0.05) is 0 Å². The van der Waals surface area contributed by atoms with Gasteiger partial charge in [-0.2, -0.15) is 0 Å². The monoisotopic (exact) mass is 261 g/mol. The van der Waals surface area contributed by atoms with Crippen LogP contribution in [0.1, 0.15) is 20.3 Å². The number of nitrogens with one attached hydrogen (secondary N) is 2. The van der Waals surface area contributed by atoms with Crippen LogP contribution in [0.4, 0.5) is 5.69 Å². The molecule has 1 unspecified atom stereocenters. The lowest BCUT2D eigenvalue weighted by atomic mass is 10.0. The SMILES string of the molecule is Cn1c(=O)oc2ccc(NC3CNC(C)(C)C3)cc21. The van der Waals surface area contributed by atoms with Gasteiger partial charge in [0.25, 0.3) is 0 Å². The minimum absolute atomic E-state index is 0.185. The number of anilines is 1. The van der Waals surface area contributed by atoms with Crippen molar-refractivity contribution in [2.45, 2.75) is 31.8 Å². The Morgan fingerprint density at radius 3 is 2.95 bits per heavy atom. The van der Waals surface area contributed by atoms with Gasteiger partial charge in [-0.25, -0.2) is 4.79 Å². The van der Waals surface area contributed by atoms with Gasteiger partial charge in [-0.3, -0.25) is 4.57 Å². The fourth-order valence-electron chi connectivity index (χ4n) is 2.71. The van der Waals surface area contributed by atoms with Gasteiger partial charge in [0.15, 0.2) is 5.58 Å². The van der Waals surface area contributed by atoms with E-state index in [1.165, 1.54) is 4.57 Å². The van der Waals surface area contributed by atoms with Crippen LogP contribution in [0.15, 0.2) is 27.4 Å². The number of oxazole rings is 1. The van der Waals surface area contributed by atoms with E-state index < -0.39 is 0 Å². The maximum atomic E-state index is 11.4. The Morgan fingerprint density at radius 1 is 1.47 bits per heavy atom. The molecule has 0 amide bonds. The van der Waals surface area contributed by atoms with Crippen LogP contribution < -0.4 is 16.4 Å². The first-order valence-electron chi connectivity index (χ1n) is 6.56. The summed E-state index contributed by atoms with van der Waals surface area (Å²) in [6, 6.07) is 6.17. The number of aryl methyl sites for hydroxylation is 1. The van der Waals surface area contributed by atoms with Crippen molar-refractivity contribution < 1.29 is 4.42 Å². The summed E-state index contributed by atoms with van der Waals surface area (Å²) in [7, 11) is 1.72. The standard InChI is InChI=1S/C14H19N3O2/c1-14(2)7-10(8-15-14)16-9-4-5-12-11(6-9)17(3)13(18)19-12/h4-6,10,15-16H,7-8H2,1-3H3. The molecular weight excluding hydrogens is 242 g/mol. The van der Waals surface area contributed by atoms with Gasteiger partial charge in [0.1, 0.15) is 0 Å². The Morgan fingerprint density at radius 2 is 2.26 bits per heavy atom. The molecule has 0 bridgehead atoms. The smallest absolute Gasteiger partial charge is 0.408 e. The third kappa shape index (κ3) is 2.26. The van der Waals surface area contributed by atoms with Crippen molar-refractivity contribution in [1.29, 1.82) is 0 Å². The third-order valence-corrected chi connectivity index (χ3v) is 3.75. The van der Waals surface area contributed by atoms with Gasteiger partial charge >= 0.3 is 5.76 Å². The number of hydrogen-bond acceptors (Lipinski definition) is 4. The molecule has 0 spiro atoms. The number of rotatable bonds is 2. The van der Waals surface area contributed by atoms with Crippen LogP contribution in [0, 0.1) is 0 Å². The zero-order chi connectivity index (χ0) is 13.6. The number of benzene rings is 1. The molecule has 2 heterocycles. The zero-order valence-corrected chi connectivity index (χ0v) is 11.5. The second kappa shape index (κ2) is 4.13. The van der Waals surface area contributed by atoms with Crippen molar-refractivity contribution in [3.8, 4) is 0 Å². The summed E-state index contributed by atoms with van der Waals surface area (Å²) in [6.07, 6.45) is 1.08. The molecule has 0 radical (unpaired) electrons. The van der Waals surface area contributed by atoms with Crippen molar-refractivity contribution in [1.82, 2.24) is 9.88 Å². The molecular formula is C14H19N3O2. The van der Waals surface area contributed by atoms with Gasteiger partial charge in [-0.05, 0) is 38.5 Å². The summed E-state index contributed by atoms with van der Waals surface area (Å²) in [5.41, 5.74) is 2.65. The first-order chi connectivity index (χ1) is 8.94. The molecule has 1 aromatic heterocycles. The average Bonchev–Trinajstić information content (AvgIpc) is 2.82. The molecule has 1 saturated heterocycles. The fraction of sp³-hybridized carbons (Fsp3) is 0.500. The Hall–Kier alpha value is -1.75. The molecule has 1 fully saturated rings. The maximum Gasteiger partial charge on any atom is 0.419 e. The molecule has 2 aromatic rings. The predicted molar refractivity (Wildman–Crippen MR) is 75.6 cm³/mol. The fourth-order valence-corrected chi connectivity index (χ4v) is 2.71. The van der Waals surface area contributed by atoms with Crippen LogP contribution in [-0.2, 0) is 7.05 Å². The van der Waals surface area contributed by atoms with Crippen molar-refractivity contribution in [2.75, 3.05) is 11.9 Å². The maximum absolute atomic E-state index is 11.4. The highest BCUT2D eigenvalue weighted by atomic mass is 16.4. The Labute approximate surface area is 111 Å². The van der Waals surface area contributed by atoms with E-state index >= 15 is 0 Å². The van der Waals surface area contributed by atoms with E-state index in [-0.39, 0.29) is 11.3 Å². The van der Waals surface area contributed by atoms with Crippen LogP contribution in [0.25, 0.3) is 11.1 Å². The van der Waals surface area contributed by atoms with Crippen LogP contribution in [-0.4, -0.2) is 22.7 Å². The lowest BCUT2D eigenvalue weighted by Gasteiger charge is -2.18. The molecule has 5 nitrogen and oxygen atoms in total. The Kier molecular flexibility index (Phi) is 2.67. The molecule has 0 aliphatic carbocycles. The first-order valence-corrected chi connectivity index (χ1v) is 6.56. The number of hydrogen-bond donors (Lipinski definition) is 2. The minimum Gasteiger partial charge on any atom is -0.408 e. The summed E-state index contributed by atoms with van der Waals surface area (Å²) in [6.45, 7) is 5.37. The van der Waals surface area contributed by atoms with Crippen molar-refractivity contribution in [3.63, 3.8) is 0 Å². The van der Waals surface area contributed by atoms with E-state index in [9.17, 15) is 4.79 Å². The van der Waals surface area contributed by atoms with Crippen LogP contribution in [0.2, 0.25) is 0 Å². The van der Waals surface area contributed by atoms with Gasteiger partial charge < -0.3 is 15.1 Å². The Balaban J connectivity index is 1.86. The summed E-state index contributed by atoms with van der Waals surface area (Å²) in [5, 5.41) is 6.99. The number of nitrogens with zero attached hydrogens (tertiary/aromatic N) is 1. The molecule has 0 saturated carbocycles. The summed E-state index contributed by atoms with van der Waals surface area (Å²) < 4.78 is 6.65. The van der Waals surface area contributed by atoms with E-state index in [1.807, 2.05) is 18.2 Å². The summed E-state index contributed by atoms with van der Waals surface area (Å²) in [5.74, 6) is -0.323. The number of aromatic nitrogens is 1. The summed E-state index contributed by atoms with van der Waals surface area (Å²) in [4.78, 5) is 11.4. The van der Waals surface area contributed by atoms with E-state index in [2.05, 4.69) is 24.5 Å². The zero-order valence-electron chi connectivity index (χ0n) is 11.5. The number of fused-ring (bicyclic) bond motifs is 1. The molecule has 5 heteroatoms. The predicted octanol–water partition coefficient (Wildman–Crippen LogP) is 1.68. The first kappa shape index (κ1) is 12.3. The quantitative estimate of drug-likeness (QED) is 0.863. The molecule has 1 atom stereocenters. The highest BCUT2D eigenvalue weighted by Gasteiger charge is 2.30. The second-order valence-electron chi connectivity index (χ2n) is 5.92. The Bertz CT molecular complexity index is 669. The molecule has 1 aliphatic heterocycles. The van der Waals surface area contributed by atoms with Crippen LogP contribution in [0.5, 0.6) is 0 Å². The van der Waals surface area contributed by atoms with Gasteiger partial charge in [0, 0.05) is 30.9 Å². The third-order valence-electron chi connectivity index (χ3n) is 3.75. The van der Waals surface area contributed by atoms with E-state index in [0.29, 0.717) is 11.6 Å². The van der Waals surface area contributed by atoms with Crippen LogP contribution in [0.3, 0.4) is 0 Å². The lowest BCUT2D eigenvalue weighted by Crippen LogP contribution is -2.31. The van der Waals surface area contributed by atoms with Gasteiger partial charge in [-0.15, -0.1) is 0 Å². The molecule has 102 valence electrons.